The summed E-state index contributed by atoms with van der Waals surface area (Å²) in [7, 11) is 0. The number of carbonyl (C=O) groups excluding carboxylic acids is 2. The number of rotatable bonds is 7. The second-order valence-electron chi connectivity index (χ2n) is 9.07. The number of carbonyl (C=O) groups is 2. The molecule has 41 heavy (non-hydrogen) atoms. The average Bonchev–Trinajstić information content (AvgIpc) is 2.96. The van der Waals surface area contributed by atoms with Gasteiger partial charge in [-0.1, -0.05) is 48.5 Å². The van der Waals surface area contributed by atoms with Gasteiger partial charge in [0, 0.05) is 12.0 Å². The number of halogens is 3. The van der Waals surface area contributed by atoms with Gasteiger partial charge < -0.3 is 5.73 Å². The number of nitrogens with zero attached hydrogens (tertiary/aromatic N) is 3. The molecule has 0 radical (unpaired) electrons. The number of aryl methyl sites for hydroxylation is 1. The number of nitriles is 1. The molecule has 0 saturated heterocycles. The van der Waals surface area contributed by atoms with Crippen LogP contribution in [0.3, 0.4) is 0 Å². The van der Waals surface area contributed by atoms with Crippen LogP contribution >= 0.6 is 0 Å². The van der Waals surface area contributed by atoms with E-state index in [-0.39, 0.29) is 23.3 Å². The lowest BCUT2D eigenvalue weighted by Gasteiger charge is -2.23. The molecule has 4 aromatic rings. The summed E-state index contributed by atoms with van der Waals surface area (Å²) in [5.41, 5.74) is 10.5. The first kappa shape index (κ1) is 28.6. The van der Waals surface area contributed by atoms with Crippen molar-refractivity contribution >= 4 is 29.0 Å². The number of urea groups is 1. The highest BCUT2D eigenvalue weighted by Gasteiger charge is 2.30. The second kappa shape index (κ2) is 12.2. The van der Waals surface area contributed by atoms with E-state index in [1.807, 2.05) is 25.1 Å². The number of primary amides is 1. The van der Waals surface area contributed by atoms with Gasteiger partial charge in [-0.25, -0.2) is 10.2 Å². The third kappa shape index (κ3) is 6.96. The van der Waals surface area contributed by atoms with Crippen molar-refractivity contribution in [1.82, 2.24) is 5.43 Å². The molecular weight excluding hydrogens is 531 g/mol. The molecule has 0 heterocycles. The molecule has 0 saturated carbocycles. The van der Waals surface area contributed by atoms with Crippen LogP contribution in [-0.2, 0) is 12.6 Å². The third-order valence-corrected chi connectivity index (χ3v) is 6.21. The van der Waals surface area contributed by atoms with Gasteiger partial charge in [-0.05, 0) is 72.1 Å². The number of benzene rings is 4. The third-order valence-electron chi connectivity index (χ3n) is 6.21. The minimum atomic E-state index is -4.57. The maximum absolute atomic E-state index is 13.4. The first-order valence-corrected chi connectivity index (χ1v) is 12.4. The highest BCUT2D eigenvalue weighted by molar-refractivity contribution is 6.04. The minimum Gasteiger partial charge on any atom is -0.351 e. The van der Waals surface area contributed by atoms with Gasteiger partial charge in [-0.15, -0.1) is 0 Å². The summed E-state index contributed by atoms with van der Waals surface area (Å²) >= 11 is 0. The molecule has 0 unspecified atom stereocenters. The number of anilines is 2. The zero-order chi connectivity index (χ0) is 29.6. The van der Waals surface area contributed by atoms with Crippen LogP contribution in [0.2, 0.25) is 0 Å². The molecule has 3 amide bonds. The summed E-state index contributed by atoms with van der Waals surface area (Å²) in [6.45, 7) is 1.82. The SMILES string of the molecule is Cc1ccccc1N(C(N)=O)c1cccc(C(=O)NN=C(Cc2ccc(C#N)cc2)c2cccc(C(F)(F)F)c2)c1. The number of hydrogen-bond donors (Lipinski definition) is 2. The lowest BCUT2D eigenvalue weighted by atomic mass is 9.99. The van der Waals surface area contributed by atoms with Gasteiger partial charge in [-0.2, -0.15) is 23.5 Å². The fourth-order valence-corrected chi connectivity index (χ4v) is 4.14. The van der Waals surface area contributed by atoms with E-state index >= 15 is 0 Å². The Morgan fingerprint density at radius 2 is 1.61 bits per heavy atom. The highest BCUT2D eigenvalue weighted by atomic mass is 19.4. The van der Waals surface area contributed by atoms with Crippen LogP contribution in [0, 0.1) is 18.3 Å². The van der Waals surface area contributed by atoms with Gasteiger partial charge >= 0.3 is 12.2 Å². The number of para-hydroxylation sites is 1. The molecule has 0 aliphatic carbocycles. The molecular formula is C31H24F3N5O2. The fourth-order valence-electron chi connectivity index (χ4n) is 4.14. The molecule has 0 atom stereocenters. The van der Waals surface area contributed by atoms with Gasteiger partial charge in [0.1, 0.15) is 0 Å². The predicted octanol–water partition coefficient (Wildman–Crippen LogP) is 6.48. The van der Waals surface area contributed by atoms with Gasteiger partial charge in [0.2, 0.25) is 0 Å². The molecule has 0 aromatic heterocycles. The molecule has 4 aromatic carbocycles. The zero-order valence-corrected chi connectivity index (χ0v) is 21.8. The Morgan fingerprint density at radius 1 is 0.927 bits per heavy atom. The fraction of sp³-hybridized carbons (Fsp3) is 0.0968. The zero-order valence-electron chi connectivity index (χ0n) is 21.8. The molecule has 4 rings (SSSR count). The largest absolute Gasteiger partial charge is 0.416 e. The monoisotopic (exact) mass is 555 g/mol. The Labute approximate surface area is 234 Å². The van der Waals surface area contributed by atoms with Gasteiger partial charge in [0.25, 0.3) is 5.91 Å². The van der Waals surface area contributed by atoms with Crippen molar-refractivity contribution < 1.29 is 22.8 Å². The molecule has 0 aliphatic heterocycles. The minimum absolute atomic E-state index is 0.0794. The molecule has 0 spiro atoms. The van der Waals surface area contributed by atoms with Crippen LogP contribution in [0.25, 0.3) is 0 Å². The van der Waals surface area contributed by atoms with Crippen molar-refractivity contribution in [1.29, 1.82) is 5.26 Å². The smallest absolute Gasteiger partial charge is 0.351 e. The lowest BCUT2D eigenvalue weighted by molar-refractivity contribution is -0.137. The number of nitrogens with two attached hydrogens (primary N) is 1. The Balaban J connectivity index is 1.66. The molecule has 7 nitrogen and oxygen atoms in total. The van der Waals surface area contributed by atoms with E-state index in [2.05, 4.69) is 10.5 Å². The average molecular weight is 556 g/mol. The first-order chi connectivity index (χ1) is 19.6. The molecule has 0 aliphatic rings. The van der Waals surface area contributed by atoms with Crippen molar-refractivity contribution in [3.63, 3.8) is 0 Å². The first-order valence-electron chi connectivity index (χ1n) is 12.4. The Kier molecular flexibility index (Phi) is 8.48. The molecule has 3 N–H and O–H groups in total. The molecule has 206 valence electrons. The number of alkyl halides is 3. The number of hydrazone groups is 1. The van der Waals surface area contributed by atoms with E-state index in [1.54, 1.807) is 48.5 Å². The molecule has 0 fully saturated rings. The number of amides is 3. The maximum atomic E-state index is 13.4. The van der Waals surface area contributed by atoms with Crippen LogP contribution in [0.1, 0.15) is 38.2 Å². The van der Waals surface area contributed by atoms with Crippen LogP contribution < -0.4 is 16.1 Å². The van der Waals surface area contributed by atoms with E-state index in [0.717, 1.165) is 17.7 Å². The summed E-state index contributed by atoms with van der Waals surface area (Å²) < 4.78 is 40.2. The van der Waals surface area contributed by atoms with Gasteiger partial charge in [0.05, 0.1) is 34.3 Å². The van der Waals surface area contributed by atoms with E-state index < -0.39 is 23.7 Å². The molecule has 10 heteroatoms. The van der Waals surface area contributed by atoms with Crippen molar-refractivity contribution in [2.45, 2.75) is 19.5 Å². The van der Waals surface area contributed by atoms with Crippen LogP contribution in [0.15, 0.2) is 102 Å². The van der Waals surface area contributed by atoms with Gasteiger partial charge in [0.15, 0.2) is 0 Å². The quantitative estimate of drug-likeness (QED) is 0.201. The van der Waals surface area contributed by atoms with E-state index in [9.17, 15) is 22.8 Å². The lowest BCUT2D eigenvalue weighted by Crippen LogP contribution is -2.32. The maximum Gasteiger partial charge on any atom is 0.416 e. The van der Waals surface area contributed by atoms with Crippen LogP contribution in [-0.4, -0.2) is 17.6 Å². The van der Waals surface area contributed by atoms with E-state index in [0.29, 0.717) is 22.5 Å². The predicted molar refractivity (Wildman–Crippen MR) is 150 cm³/mol. The normalized spacial score (nSPS) is 11.4. The summed E-state index contributed by atoms with van der Waals surface area (Å²) in [4.78, 5) is 26.7. The topological polar surface area (TPSA) is 112 Å². The second-order valence-corrected chi connectivity index (χ2v) is 9.07. The van der Waals surface area contributed by atoms with Crippen LogP contribution in [0.4, 0.5) is 29.3 Å². The summed E-state index contributed by atoms with van der Waals surface area (Å²) in [5.74, 6) is -0.648. The van der Waals surface area contributed by atoms with Crippen LogP contribution in [0.5, 0.6) is 0 Å². The highest BCUT2D eigenvalue weighted by Crippen LogP contribution is 2.30. The van der Waals surface area contributed by atoms with Gasteiger partial charge in [-0.3, -0.25) is 9.69 Å². The van der Waals surface area contributed by atoms with Crippen molar-refractivity contribution in [2.24, 2.45) is 10.8 Å². The van der Waals surface area contributed by atoms with Crippen molar-refractivity contribution in [3.05, 3.63) is 130 Å². The standard InChI is InChI=1S/C31H24F3N5O2/c1-20-6-2-3-11-28(20)39(30(36)41)26-10-5-8-24(18-26)29(40)38-37-27(16-21-12-14-22(19-35)15-13-21)23-7-4-9-25(17-23)31(32,33)34/h2-15,17-18H,16H2,1H3,(H2,36,41)(H,38,40). The Morgan fingerprint density at radius 3 is 2.27 bits per heavy atom. The van der Waals surface area contributed by atoms with Crippen molar-refractivity contribution in [3.8, 4) is 6.07 Å². The van der Waals surface area contributed by atoms with E-state index in [1.165, 1.54) is 29.2 Å². The Bertz CT molecular complexity index is 1660. The number of nitrogens with one attached hydrogen (secondary N) is 1. The summed E-state index contributed by atoms with van der Waals surface area (Å²) in [6, 6.07) is 25.7. The summed E-state index contributed by atoms with van der Waals surface area (Å²) in [5, 5.41) is 13.2. The van der Waals surface area contributed by atoms with Crippen molar-refractivity contribution in [2.75, 3.05) is 4.90 Å². The molecule has 0 bridgehead atoms. The van der Waals surface area contributed by atoms with E-state index in [4.69, 9.17) is 11.0 Å². The number of hydrogen-bond acceptors (Lipinski definition) is 4. The Hall–Kier alpha value is -5.43. The summed E-state index contributed by atoms with van der Waals surface area (Å²) in [6.07, 6.45) is -4.49.